The first-order chi connectivity index (χ1) is 6.63. The first kappa shape index (κ1) is 10.8. The topological polar surface area (TPSA) is 86.9 Å². The fourth-order valence-electron chi connectivity index (χ4n) is 1.07. The van der Waals surface area contributed by atoms with Crippen molar-refractivity contribution in [3.05, 3.63) is 12.4 Å². The van der Waals surface area contributed by atoms with Gasteiger partial charge in [-0.3, -0.25) is 0 Å². The van der Waals surface area contributed by atoms with E-state index in [1.807, 2.05) is 0 Å². The van der Waals surface area contributed by atoms with Gasteiger partial charge < -0.3 is 29.9 Å². The Morgan fingerprint density at radius 2 is 2.21 bits per heavy atom. The first-order valence-electron chi connectivity index (χ1n) is 4.14. The Morgan fingerprint density at radius 3 is 2.79 bits per heavy atom. The van der Waals surface area contributed by atoms with Crippen LogP contribution in [0.3, 0.4) is 0 Å². The maximum Gasteiger partial charge on any atom is 0.233 e. The summed E-state index contributed by atoms with van der Waals surface area (Å²) in [4.78, 5) is 0. The number of methoxy groups -OCH3 is 1. The highest BCUT2D eigenvalue weighted by molar-refractivity contribution is 5.54. The molecule has 0 atom stereocenters. The fourth-order valence-corrected chi connectivity index (χ4v) is 1.07. The van der Waals surface area contributed by atoms with Gasteiger partial charge in [-0.2, -0.15) is 0 Å². The zero-order valence-electron chi connectivity index (χ0n) is 7.84. The molecule has 1 rings (SSSR count). The summed E-state index contributed by atoms with van der Waals surface area (Å²) < 4.78 is 6.54. The van der Waals surface area contributed by atoms with E-state index in [0.29, 0.717) is 13.2 Å². The number of anilines is 1. The highest BCUT2D eigenvalue weighted by atomic mass is 16.5. The third kappa shape index (κ3) is 2.91. The van der Waals surface area contributed by atoms with E-state index in [2.05, 4.69) is 5.32 Å². The lowest BCUT2D eigenvalue weighted by atomic mass is 10.5. The van der Waals surface area contributed by atoms with E-state index in [4.69, 9.17) is 14.9 Å². The van der Waals surface area contributed by atoms with Crippen LogP contribution in [-0.2, 0) is 11.3 Å². The minimum Gasteiger partial charge on any atom is -0.504 e. The smallest absolute Gasteiger partial charge is 0.233 e. The van der Waals surface area contributed by atoms with Gasteiger partial charge in [-0.05, 0) is 0 Å². The largest absolute Gasteiger partial charge is 0.504 e. The summed E-state index contributed by atoms with van der Waals surface area (Å²) in [7, 11) is 1.58. The van der Waals surface area contributed by atoms with E-state index < -0.39 is 6.41 Å². The van der Waals surface area contributed by atoms with Crippen LogP contribution in [0.2, 0.25) is 0 Å². The third-order valence-corrected chi connectivity index (χ3v) is 1.70. The van der Waals surface area contributed by atoms with Gasteiger partial charge in [-0.1, -0.05) is 0 Å². The summed E-state index contributed by atoms with van der Waals surface area (Å²) in [6, 6.07) is 0. The summed E-state index contributed by atoms with van der Waals surface area (Å²) in [6.45, 7) is 1.11. The van der Waals surface area contributed by atoms with Crippen LogP contribution in [0.25, 0.3) is 0 Å². The van der Waals surface area contributed by atoms with Crippen LogP contribution in [0, 0.1) is 0 Å². The molecule has 14 heavy (non-hydrogen) atoms. The van der Waals surface area contributed by atoms with E-state index in [9.17, 15) is 5.11 Å². The van der Waals surface area contributed by atoms with Crippen LogP contribution < -0.4 is 5.32 Å². The molecule has 0 saturated carbocycles. The van der Waals surface area contributed by atoms with Crippen LogP contribution in [0.5, 0.6) is 5.75 Å². The van der Waals surface area contributed by atoms with Gasteiger partial charge in [0.15, 0.2) is 5.75 Å². The Kier molecular flexibility index (Phi) is 3.75. The standard InChI is InChI=1S/C8H14N2O4/c1-14-3-2-10-4-6(7(11)5-10)9-8(12)13/h4-5,8-9,11-13H,2-3H2,1H3. The normalized spacial score (nSPS) is 10.9. The summed E-state index contributed by atoms with van der Waals surface area (Å²) in [5.74, 6) is -0.0331. The molecule has 1 heterocycles. The monoisotopic (exact) mass is 202 g/mol. The molecule has 0 unspecified atom stereocenters. The molecule has 0 saturated heterocycles. The van der Waals surface area contributed by atoms with Crippen molar-refractivity contribution in [2.45, 2.75) is 13.0 Å². The number of rotatable bonds is 5. The summed E-state index contributed by atoms with van der Waals surface area (Å²) in [6.07, 6.45) is 1.36. The lowest BCUT2D eigenvalue weighted by molar-refractivity contribution is -0.0148. The second-order valence-corrected chi connectivity index (χ2v) is 2.81. The van der Waals surface area contributed by atoms with Crippen LogP contribution in [-0.4, -0.2) is 40.0 Å². The number of nitrogens with zero attached hydrogens (tertiary/aromatic N) is 1. The zero-order valence-corrected chi connectivity index (χ0v) is 7.84. The number of hydrogen-bond acceptors (Lipinski definition) is 5. The predicted octanol–water partition coefficient (Wildman–Crippen LogP) is -0.480. The van der Waals surface area contributed by atoms with Gasteiger partial charge in [0, 0.05) is 26.0 Å². The molecule has 0 aromatic carbocycles. The Morgan fingerprint density at radius 1 is 1.50 bits per heavy atom. The highest BCUT2D eigenvalue weighted by Gasteiger charge is 2.07. The molecule has 1 aromatic heterocycles. The summed E-state index contributed by atoms with van der Waals surface area (Å²) in [5.41, 5.74) is 0.274. The average molecular weight is 202 g/mol. The van der Waals surface area contributed by atoms with Crippen LogP contribution in [0.4, 0.5) is 5.69 Å². The lowest BCUT2D eigenvalue weighted by Gasteiger charge is -2.05. The van der Waals surface area contributed by atoms with E-state index in [-0.39, 0.29) is 11.4 Å². The van der Waals surface area contributed by atoms with Crippen molar-refractivity contribution < 1.29 is 20.1 Å². The number of aromatic hydroxyl groups is 1. The van der Waals surface area contributed by atoms with Gasteiger partial charge in [0.05, 0.1) is 12.3 Å². The minimum absolute atomic E-state index is 0.0331. The van der Waals surface area contributed by atoms with Crippen molar-refractivity contribution in [2.75, 3.05) is 19.0 Å². The molecule has 6 heteroatoms. The van der Waals surface area contributed by atoms with Gasteiger partial charge in [0.1, 0.15) is 0 Å². The highest BCUT2D eigenvalue weighted by Crippen LogP contribution is 2.23. The first-order valence-corrected chi connectivity index (χ1v) is 4.14. The van der Waals surface area contributed by atoms with E-state index in [1.165, 1.54) is 6.20 Å². The van der Waals surface area contributed by atoms with Gasteiger partial charge in [-0.15, -0.1) is 0 Å². The van der Waals surface area contributed by atoms with E-state index >= 15 is 0 Å². The van der Waals surface area contributed by atoms with Gasteiger partial charge in [0.2, 0.25) is 6.41 Å². The maximum absolute atomic E-state index is 9.33. The third-order valence-electron chi connectivity index (χ3n) is 1.70. The number of aliphatic hydroxyl groups is 2. The molecule has 80 valence electrons. The molecular weight excluding hydrogens is 188 g/mol. The van der Waals surface area contributed by atoms with Crippen LogP contribution in [0.15, 0.2) is 12.4 Å². The summed E-state index contributed by atoms with van der Waals surface area (Å²) >= 11 is 0. The molecular formula is C8H14N2O4. The molecule has 4 N–H and O–H groups in total. The number of aromatic nitrogens is 1. The lowest BCUT2D eigenvalue weighted by Crippen LogP contribution is -2.16. The minimum atomic E-state index is -1.68. The Bertz CT molecular complexity index is 285. The summed E-state index contributed by atoms with van der Waals surface area (Å²) in [5, 5.41) is 28.8. The zero-order chi connectivity index (χ0) is 10.6. The molecule has 0 fully saturated rings. The number of ether oxygens (including phenoxy) is 1. The van der Waals surface area contributed by atoms with E-state index in [1.54, 1.807) is 17.9 Å². The van der Waals surface area contributed by atoms with Crippen molar-refractivity contribution in [1.29, 1.82) is 0 Å². The number of aliphatic hydroxyl groups excluding tert-OH is 1. The molecule has 0 aliphatic rings. The number of hydrogen-bond donors (Lipinski definition) is 4. The van der Waals surface area contributed by atoms with Crippen LogP contribution in [0.1, 0.15) is 0 Å². The van der Waals surface area contributed by atoms with Crippen molar-refractivity contribution in [2.24, 2.45) is 0 Å². The van der Waals surface area contributed by atoms with Crippen LogP contribution >= 0.6 is 0 Å². The van der Waals surface area contributed by atoms with Crippen molar-refractivity contribution >= 4 is 5.69 Å². The van der Waals surface area contributed by atoms with Crippen molar-refractivity contribution in [3.8, 4) is 5.75 Å². The quantitative estimate of drug-likeness (QED) is 0.484. The second-order valence-electron chi connectivity index (χ2n) is 2.81. The SMILES string of the molecule is COCCn1cc(O)c(NC(O)O)c1. The van der Waals surface area contributed by atoms with Gasteiger partial charge in [0.25, 0.3) is 0 Å². The van der Waals surface area contributed by atoms with Crippen molar-refractivity contribution in [3.63, 3.8) is 0 Å². The predicted molar refractivity (Wildman–Crippen MR) is 49.8 cm³/mol. The van der Waals surface area contributed by atoms with E-state index in [0.717, 1.165) is 0 Å². The Balaban J connectivity index is 2.62. The second kappa shape index (κ2) is 4.85. The molecule has 0 aliphatic carbocycles. The molecule has 0 spiro atoms. The fraction of sp³-hybridized carbons (Fsp3) is 0.500. The molecule has 1 aromatic rings. The molecule has 0 bridgehead atoms. The average Bonchev–Trinajstić information content (AvgIpc) is 2.43. The van der Waals surface area contributed by atoms with Crippen molar-refractivity contribution in [1.82, 2.24) is 4.57 Å². The van der Waals surface area contributed by atoms with Gasteiger partial charge in [-0.25, -0.2) is 0 Å². The molecule has 0 amide bonds. The number of nitrogens with one attached hydrogen (secondary N) is 1. The Labute approximate surface area is 81.4 Å². The molecule has 0 aliphatic heterocycles. The maximum atomic E-state index is 9.33. The molecule has 0 radical (unpaired) electrons. The van der Waals surface area contributed by atoms with Gasteiger partial charge >= 0.3 is 0 Å². The Hall–Kier alpha value is -1.24. The molecule has 6 nitrogen and oxygen atoms in total.